The molecule has 0 spiro atoms. The largest absolute Gasteiger partial charge is 0.493 e. The number of nitrogens with zero attached hydrogens (tertiary/aromatic N) is 5. The molecule has 0 aliphatic heterocycles. The van der Waals surface area contributed by atoms with Crippen LogP contribution < -0.4 is 14.9 Å². The summed E-state index contributed by atoms with van der Waals surface area (Å²) in [5.74, 6) is 1.10. The number of ether oxygens (including phenoxy) is 2. The molecule has 1 heterocycles. The Balaban J connectivity index is 1.62. The first-order chi connectivity index (χ1) is 13.6. The van der Waals surface area contributed by atoms with Gasteiger partial charge in [0.25, 0.3) is 5.91 Å². The lowest BCUT2D eigenvalue weighted by atomic mass is 10.2. The van der Waals surface area contributed by atoms with Crippen molar-refractivity contribution in [2.75, 3.05) is 14.2 Å². The van der Waals surface area contributed by atoms with Crippen molar-refractivity contribution < 1.29 is 14.3 Å². The number of benzene rings is 2. The van der Waals surface area contributed by atoms with E-state index in [1.807, 2.05) is 6.07 Å². The molecule has 9 nitrogen and oxygen atoms in total. The lowest BCUT2D eigenvalue weighted by Crippen LogP contribution is -2.24. The Hall–Kier alpha value is -3.46. The number of methoxy groups -OCH3 is 2. The van der Waals surface area contributed by atoms with E-state index in [2.05, 4.69) is 25.9 Å². The Kier molecular flexibility index (Phi) is 6.18. The Morgan fingerprint density at radius 2 is 2.04 bits per heavy atom. The third kappa shape index (κ3) is 4.83. The maximum absolute atomic E-state index is 12.0. The maximum atomic E-state index is 12.0. The Morgan fingerprint density at radius 3 is 2.79 bits per heavy atom. The fraction of sp³-hybridized carbons (Fsp3) is 0.167. The number of nitrogens with one attached hydrogen (secondary N) is 1. The van der Waals surface area contributed by atoms with Crippen LogP contribution in [0.2, 0.25) is 5.02 Å². The average Bonchev–Trinajstić information content (AvgIpc) is 3.16. The highest BCUT2D eigenvalue weighted by Crippen LogP contribution is 2.30. The molecule has 0 atom stereocenters. The Bertz CT molecular complexity index is 1000. The molecule has 0 aliphatic rings. The fourth-order valence-corrected chi connectivity index (χ4v) is 2.53. The van der Waals surface area contributed by atoms with Crippen LogP contribution in [0.3, 0.4) is 0 Å². The van der Waals surface area contributed by atoms with Gasteiger partial charge in [0.1, 0.15) is 6.54 Å². The van der Waals surface area contributed by atoms with Crippen LogP contribution >= 0.6 is 11.6 Å². The molecule has 2 aromatic carbocycles. The van der Waals surface area contributed by atoms with Crippen molar-refractivity contribution >= 4 is 23.7 Å². The minimum absolute atomic E-state index is 0.132. The number of rotatable bonds is 7. The molecule has 0 aliphatic carbocycles. The van der Waals surface area contributed by atoms with E-state index in [1.54, 1.807) is 50.6 Å². The molecule has 1 aromatic heterocycles. The highest BCUT2D eigenvalue weighted by Gasteiger charge is 2.12. The van der Waals surface area contributed by atoms with Crippen molar-refractivity contribution in [3.8, 4) is 22.9 Å². The summed E-state index contributed by atoms with van der Waals surface area (Å²) in [7, 11) is 3.10. The van der Waals surface area contributed by atoms with Crippen LogP contribution in [0, 0.1) is 0 Å². The van der Waals surface area contributed by atoms with E-state index in [0.717, 1.165) is 5.56 Å². The summed E-state index contributed by atoms with van der Waals surface area (Å²) < 4.78 is 10.5. The highest BCUT2D eigenvalue weighted by atomic mass is 35.5. The summed E-state index contributed by atoms with van der Waals surface area (Å²) in [6, 6.07) is 12.3. The molecule has 0 fully saturated rings. The maximum Gasteiger partial charge on any atom is 0.263 e. The van der Waals surface area contributed by atoms with E-state index in [1.165, 1.54) is 11.0 Å². The number of halogens is 1. The van der Waals surface area contributed by atoms with E-state index in [0.29, 0.717) is 27.9 Å². The molecule has 0 unspecified atom stereocenters. The van der Waals surface area contributed by atoms with Gasteiger partial charge in [0.15, 0.2) is 11.5 Å². The van der Waals surface area contributed by atoms with Crippen molar-refractivity contribution in [2.45, 2.75) is 6.54 Å². The third-order valence-electron chi connectivity index (χ3n) is 3.63. The zero-order chi connectivity index (χ0) is 19.9. The smallest absolute Gasteiger partial charge is 0.263 e. The summed E-state index contributed by atoms with van der Waals surface area (Å²) in [5, 5.41) is 16.5. The van der Waals surface area contributed by atoms with Gasteiger partial charge in [0.2, 0.25) is 5.82 Å². The van der Waals surface area contributed by atoms with Crippen LogP contribution in [0.4, 0.5) is 0 Å². The second-order valence-corrected chi connectivity index (χ2v) is 6.00. The molecule has 3 rings (SSSR count). The van der Waals surface area contributed by atoms with Gasteiger partial charge in [-0.15, -0.1) is 10.2 Å². The lowest BCUT2D eigenvalue weighted by Gasteiger charge is -2.07. The van der Waals surface area contributed by atoms with Crippen molar-refractivity contribution in [3.05, 3.63) is 53.1 Å². The number of tetrazole rings is 1. The molecule has 28 heavy (non-hydrogen) atoms. The molecule has 144 valence electrons. The number of carbonyl (C=O) groups is 1. The van der Waals surface area contributed by atoms with Gasteiger partial charge in [-0.2, -0.15) is 9.90 Å². The summed E-state index contributed by atoms with van der Waals surface area (Å²) >= 11 is 5.89. The van der Waals surface area contributed by atoms with Gasteiger partial charge in [-0.3, -0.25) is 4.79 Å². The number of hydrogen-bond acceptors (Lipinski definition) is 7. The molecule has 1 N–H and O–H groups in total. The predicted octanol–water partition coefficient (Wildman–Crippen LogP) is 2.16. The van der Waals surface area contributed by atoms with Gasteiger partial charge in [-0.25, -0.2) is 5.43 Å². The zero-order valence-electron chi connectivity index (χ0n) is 15.2. The molecular formula is C18H17ClN6O3. The van der Waals surface area contributed by atoms with Crippen LogP contribution in [0.1, 0.15) is 5.56 Å². The molecule has 10 heteroatoms. The Morgan fingerprint density at radius 1 is 1.21 bits per heavy atom. The predicted molar refractivity (Wildman–Crippen MR) is 104 cm³/mol. The van der Waals surface area contributed by atoms with Crippen molar-refractivity contribution in [2.24, 2.45) is 5.10 Å². The van der Waals surface area contributed by atoms with Gasteiger partial charge in [0, 0.05) is 10.6 Å². The topological polar surface area (TPSA) is 104 Å². The van der Waals surface area contributed by atoms with Crippen LogP contribution in [0.15, 0.2) is 47.6 Å². The van der Waals surface area contributed by atoms with Crippen LogP contribution in [-0.4, -0.2) is 46.5 Å². The van der Waals surface area contributed by atoms with Crippen LogP contribution in [-0.2, 0) is 11.3 Å². The number of hydrazone groups is 1. The first-order valence-corrected chi connectivity index (χ1v) is 8.54. The molecule has 0 saturated heterocycles. The summed E-state index contributed by atoms with van der Waals surface area (Å²) in [6.07, 6.45) is 1.49. The van der Waals surface area contributed by atoms with E-state index in [-0.39, 0.29) is 6.54 Å². The van der Waals surface area contributed by atoms with Crippen molar-refractivity contribution in [1.82, 2.24) is 25.6 Å². The SMILES string of the molecule is COc1ccc(-c2nnn(CC(=O)N/N=C\c3cccc(Cl)c3)n2)cc1OC. The Labute approximate surface area is 165 Å². The zero-order valence-corrected chi connectivity index (χ0v) is 15.9. The van der Waals surface area contributed by atoms with E-state index in [4.69, 9.17) is 21.1 Å². The molecule has 0 saturated carbocycles. The second kappa shape index (κ2) is 8.96. The minimum atomic E-state index is -0.394. The quantitative estimate of drug-likeness (QED) is 0.481. The third-order valence-corrected chi connectivity index (χ3v) is 3.87. The van der Waals surface area contributed by atoms with Gasteiger partial charge < -0.3 is 9.47 Å². The summed E-state index contributed by atoms with van der Waals surface area (Å²) in [5.41, 5.74) is 3.85. The van der Waals surface area contributed by atoms with Gasteiger partial charge >= 0.3 is 0 Å². The standard InChI is InChI=1S/C18H17ClN6O3/c1-27-15-7-6-13(9-16(15)28-2)18-22-24-25(23-18)11-17(26)21-20-10-12-4-3-5-14(19)8-12/h3-10H,11H2,1-2H3,(H,21,26)/b20-10-. The lowest BCUT2D eigenvalue weighted by molar-refractivity contribution is -0.122. The van der Waals surface area contributed by atoms with Gasteiger partial charge in [0.05, 0.1) is 20.4 Å². The van der Waals surface area contributed by atoms with Crippen LogP contribution in [0.25, 0.3) is 11.4 Å². The first-order valence-electron chi connectivity index (χ1n) is 8.16. The number of hydrogen-bond donors (Lipinski definition) is 1. The number of amides is 1. The minimum Gasteiger partial charge on any atom is -0.493 e. The van der Waals surface area contributed by atoms with Crippen molar-refractivity contribution in [3.63, 3.8) is 0 Å². The van der Waals surface area contributed by atoms with E-state index < -0.39 is 5.91 Å². The van der Waals surface area contributed by atoms with Crippen LogP contribution in [0.5, 0.6) is 11.5 Å². The molecule has 3 aromatic rings. The number of aromatic nitrogens is 4. The summed E-state index contributed by atoms with van der Waals surface area (Å²) in [6.45, 7) is -0.132. The van der Waals surface area contributed by atoms with E-state index in [9.17, 15) is 4.79 Å². The van der Waals surface area contributed by atoms with E-state index >= 15 is 0 Å². The average molecular weight is 401 g/mol. The normalized spacial score (nSPS) is 10.8. The van der Waals surface area contributed by atoms with Gasteiger partial charge in [-0.1, -0.05) is 23.7 Å². The molecule has 0 bridgehead atoms. The number of carbonyl (C=O) groups excluding carboxylic acids is 1. The summed E-state index contributed by atoms with van der Waals surface area (Å²) in [4.78, 5) is 13.2. The fourth-order valence-electron chi connectivity index (χ4n) is 2.33. The van der Waals surface area contributed by atoms with Crippen molar-refractivity contribution in [1.29, 1.82) is 0 Å². The van der Waals surface area contributed by atoms with Gasteiger partial charge in [-0.05, 0) is 41.1 Å². The monoisotopic (exact) mass is 400 g/mol. The molecular weight excluding hydrogens is 384 g/mol. The molecule has 0 radical (unpaired) electrons. The highest BCUT2D eigenvalue weighted by molar-refractivity contribution is 6.30. The second-order valence-electron chi connectivity index (χ2n) is 5.56. The first kappa shape index (κ1) is 19.3. The molecule has 1 amide bonds.